The van der Waals surface area contributed by atoms with Crippen molar-refractivity contribution in [3.05, 3.63) is 47.8 Å². The Morgan fingerprint density at radius 1 is 0.957 bits per heavy atom. The maximum absolute atomic E-state index is 14.2. The summed E-state index contributed by atoms with van der Waals surface area (Å²) in [6.45, 7) is 1.42. The molecule has 1 heterocycles. The van der Waals surface area contributed by atoms with Crippen LogP contribution in [-0.2, 0) is 6.54 Å². The lowest BCUT2D eigenvalue weighted by Crippen LogP contribution is -2.15. The van der Waals surface area contributed by atoms with Crippen molar-refractivity contribution in [1.29, 1.82) is 0 Å². The fourth-order valence-electron chi connectivity index (χ4n) is 2.89. The molecule has 2 aromatic carbocycles. The van der Waals surface area contributed by atoms with Gasteiger partial charge < -0.3 is 9.47 Å². The average molecular weight is 343 g/mol. The first kappa shape index (κ1) is 17.6. The quantitative estimate of drug-likeness (QED) is 0.673. The predicted octanol–water partition coefficient (Wildman–Crippen LogP) is 4.59. The third-order valence-electron chi connectivity index (χ3n) is 3.83. The third kappa shape index (κ3) is 3.31. The van der Waals surface area contributed by atoms with Crippen molar-refractivity contribution in [2.24, 2.45) is 0 Å². The number of rotatable bonds is 4. The summed E-state index contributed by atoms with van der Waals surface area (Å²) in [5, 5.41) is 0.958. The van der Waals surface area contributed by atoms with Crippen LogP contribution in [0.25, 0.3) is 21.8 Å². The molecule has 0 bridgehead atoms. The van der Waals surface area contributed by atoms with Gasteiger partial charge >= 0.3 is 0 Å². The predicted molar refractivity (Wildman–Crippen MR) is 89.7 cm³/mol. The van der Waals surface area contributed by atoms with Gasteiger partial charge in [-0.05, 0) is 51.3 Å². The number of aromatic nitrogens is 1. The molecule has 0 saturated carbocycles. The number of hydrogen-bond donors (Lipinski definition) is 0. The van der Waals surface area contributed by atoms with E-state index in [1.807, 2.05) is 19.0 Å². The maximum atomic E-state index is 14.2. The van der Waals surface area contributed by atoms with E-state index < -0.39 is 11.6 Å². The number of nitrogens with zero attached hydrogens (tertiary/aromatic N) is 2. The summed E-state index contributed by atoms with van der Waals surface area (Å²) < 4.78 is 43.2. The van der Waals surface area contributed by atoms with Crippen LogP contribution >= 0.6 is 12.4 Å². The topological polar surface area (TPSA) is 8.17 Å². The van der Waals surface area contributed by atoms with E-state index in [1.54, 1.807) is 10.6 Å². The van der Waals surface area contributed by atoms with Crippen LogP contribution in [-0.4, -0.2) is 30.1 Å². The molecule has 0 radical (unpaired) electrons. The van der Waals surface area contributed by atoms with E-state index in [2.05, 4.69) is 0 Å². The number of benzene rings is 2. The van der Waals surface area contributed by atoms with Gasteiger partial charge in [-0.15, -0.1) is 12.4 Å². The minimum atomic E-state index is -0.623. The van der Waals surface area contributed by atoms with Crippen LogP contribution < -0.4 is 0 Å². The minimum absolute atomic E-state index is 0. The van der Waals surface area contributed by atoms with Crippen LogP contribution in [0.1, 0.15) is 6.42 Å². The van der Waals surface area contributed by atoms with Crippen molar-refractivity contribution in [2.45, 2.75) is 13.0 Å². The number of fused-ring (bicyclic) bond motifs is 3. The van der Waals surface area contributed by atoms with Crippen molar-refractivity contribution in [2.75, 3.05) is 20.6 Å². The lowest BCUT2D eigenvalue weighted by molar-refractivity contribution is 0.389. The molecule has 0 saturated heterocycles. The Balaban J connectivity index is 0.00000192. The molecule has 124 valence electrons. The van der Waals surface area contributed by atoms with Crippen molar-refractivity contribution >= 4 is 34.2 Å². The van der Waals surface area contributed by atoms with Gasteiger partial charge in [0.05, 0.1) is 11.0 Å². The average Bonchev–Trinajstić information content (AvgIpc) is 2.72. The second-order valence-electron chi connectivity index (χ2n) is 5.75. The summed E-state index contributed by atoms with van der Waals surface area (Å²) in [4.78, 5) is 2.04. The number of aryl methyl sites for hydroxylation is 1. The van der Waals surface area contributed by atoms with E-state index in [0.29, 0.717) is 28.4 Å². The normalized spacial score (nSPS) is 11.4. The van der Waals surface area contributed by atoms with Crippen LogP contribution in [0.5, 0.6) is 0 Å². The summed E-state index contributed by atoms with van der Waals surface area (Å²) in [6.07, 6.45) is 0.806. The molecule has 1 aromatic heterocycles. The fraction of sp³-hybridized carbons (Fsp3) is 0.294. The van der Waals surface area contributed by atoms with Gasteiger partial charge in [-0.1, -0.05) is 0 Å². The molecule has 0 N–H and O–H groups in total. The van der Waals surface area contributed by atoms with Crippen LogP contribution in [0, 0.1) is 17.5 Å². The van der Waals surface area contributed by atoms with Crippen molar-refractivity contribution in [3.8, 4) is 0 Å². The molecule has 23 heavy (non-hydrogen) atoms. The molecular weight excluding hydrogens is 325 g/mol. The first-order valence-corrected chi connectivity index (χ1v) is 7.18. The van der Waals surface area contributed by atoms with Crippen molar-refractivity contribution < 1.29 is 13.2 Å². The Labute approximate surface area is 138 Å². The van der Waals surface area contributed by atoms with Gasteiger partial charge in [0, 0.05) is 23.4 Å². The standard InChI is InChI=1S/C17H17F3N2.ClH/c1-21(2)6-3-7-22-15-9-11(18)4-5-13(15)17-14(20)8-12(19)10-16(17)22;/h4-5,8-10H,3,6-7H2,1-2H3;1H. The zero-order valence-corrected chi connectivity index (χ0v) is 13.8. The van der Waals surface area contributed by atoms with Gasteiger partial charge in [0.1, 0.15) is 17.5 Å². The number of hydrogen-bond acceptors (Lipinski definition) is 1. The van der Waals surface area contributed by atoms with E-state index in [0.717, 1.165) is 19.0 Å². The molecule has 0 atom stereocenters. The molecule has 0 aliphatic rings. The zero-order valence-electron chi connectivity index (χ0n) is 12.9. The van der Waals surface area contributed by atoms with Crippen LogP contribution in [0.15, 0.2) is 30.3 Å². The monoisotopic (exact) mass is 342 g/mol. The molecule has 0 aliphatic carbocycles. The van der Waals surface area contributed by atoms with E-state index in [4.69, 9.17) is 0 Å². The number of halogens is 4. The third-order valence-corrected chi connectivity index (χ3v) is 3.83. The van der Waals surface area contributed by atoms with E-state index in [9.17, 15) is 13.2 Å². The molecule has 0 spiro atoms. The summed E-state index contributed by atoms with van der Waals surface area (Å²) >= 11 is 0. The lowest BCUT2D eigenvalue weighted by atomic mass is 10.1. The SMILES string of the molecule is CN(C)CCCn1c2cc(F)ccc2c2c(F)cc(F)cc21.Cl. The molecule has 0 amide bonds. The Morgan fingerprint density at radius 3 is 2.35 bits per heavy atom. The van der Waals surface area contributed by atoms with E-state index >= 15 is 0 Å². The highest BCUT2D eigenvalue weighted by Gasteiger charge is 2.16. The van der Waals surface area contributed by atoms with Crippen LogP contribution in [0.3, 0.4) is 0 Å². The molecular formula is C17H18ClF3N2. The van der Waals surface area contributed by atoms with Gasteiger partial charge in [-0.25, -0.2) is 13.2 Å². The second-order valence-corrected chi connectivity index (χ2v) is 5.75. The molecule has 3 rings (SSSR count). The summed E-state index contributed by atoms with van der Waals surface area (Å²) in [6, 6.07) is 6.41. The van der Waals surface area contributed by atoms with Crippen molar-refractivity contribution in [1.82, 2.24) is 9.47 Å². The molecule has 2 nitrogen and oxygen atoms in total. The van der Waals surface area contributed by atoms with Gasteiger partial charge in [0.2, 0.25) is 0 Å². The Bertz CT molecular complexity index is 843. The minimum Gasteiger partial charge on any atom is -0.340 e. The Morgan fingerprint density at radius 2 is 1.65 bits per heavy atom. The summed E-state index contributed by atoms with van der Waals surface area (Å²) in [5.74, 6) is -1.62. The fourth-order valence-corrected chi connectivity index (χ4v) is 2.89. The van der Waals surface area contributed by atoms with Crippen LogP contribution in [0.4, 0.5) is 13.2 Å². The van der Waals surface area contributed by atoms with Gasteiger partial charge in [-0.3, -0.25) is 0 Å². The molecule has 0 unspecified atom stereocenters. The molecule has 6 heteroatoms. The zero-order chi connectivity index (χ0) is 15.9. The Kier molecular flexibility index (Phi) is 5.22. The highest BCUT2D eigenvalue weighted by Crippen LogP contribution is 2.32. The van der Waals surface area contributed by atoms with Gasteiger partial charge in [-0.2, -0.15) is 0 Å². The summed E-state index contributed by atoms with van der Waals surface area (Å²) in [7, 11) is 3.93. The van der Waals surface area contributed by atoms with E-state index in [1.165, 1.54) is 18.2 Å². The smallest absolute Gasteiger partial charge is 0.136 e. The lowest BCUT2D eigenvalue weighted by Gasteiger charge is -2.11. The maximum Gasteiger partial charge on any atom is 0.136 e. The second kappa shape index (κ2) is 6.81. The van der Waals surface area contributed by atoms with Gasteiger partial charge in [0.25, 0.3) is 0 Å². The first-order valence-electron chi connectivity index (χ1n) is 7.18. The molecule has 3 aromatic rings. The summed E-state index contributed by atoms with van der Waals surface area (Å²) in [5.41, 5.74) is 1.06. The first-order chi connectivity index (χ1) is 10.5. The van der Waals surface area contributed by atoms with Crippen molar-refractivity contribution in [3.63, 3.8) is 0 Å². The highest BCUT2D eigenvalue weighted by atomic mass is 35.5. The molecule has 0 fully saturated rings. The van der Waals surface area contributed by atoms with Crippen LogP contribution in [0.2, 0.25) is 0 Å². The van der Waals surface area contributed by atoms with Gasteiger partial charge in [0.15, 0.2) is 0 Å². The largest absolute Gasteiger partial charge is 0.340 e. The Hall–Kier alpha value is -1.72. The molecule has 0 aliphatic heterocycles. The highest BCUT2D eigenvalue weighted by molar-refractivity contribution is 6.08. The van der Waals surface area contributed by atoms with E-state index in [-0.39, 0.29) is 18.2 Å².